The number of imidazole rings is 1. The lowest BCUT2D eigenvalue weighted by atomic mass is 10.0. The third kappa shape index (κ3) is 3.94. The van der Waals surface area contributed by atoms with Gasteiger partial charge >= 0.3 is 11.7 Å². The van der Waals surface area contributed by atoms with Gasteiger partial charge in [-0.3, -0.25) is 13.9 Å². The van der Waals surface area contributed by atoms with Gasteiger partial charge in [-0.25, -0.2) is 4.79 Å². The van der Waals surface area contributed by atoms with E-state index in [1.807, 2.05) is 51.1 Å². The van der Waals surface area contributed by atoms with Crippen LogP contribution in [0.15, 0.2) is 40.0 Å². The van der Waals surface area contributed by atoms with Crippen LogP contribution in [0.5, 0.6) is 0 Å². The average molecular weight is 438 g/mol. The van der Waals surface area contributed by atoms with Crippen LogP contribution in [-0.4, -0.2) is 25.9 Å². The molecule has 0 saturated heterocycles. The first-order valence-electron chi connectivity index (χ1n) is 10.5. The summed E-state index contributed by atoms with van der Waals surface area (Å²) in [6.07, 6.45) is 1.79. The Hall–Kier alpha value is -2.80. The first-order chi connectivity index (χ1) is 14.7. The molecular weight excluding hydrogens is 410 g/mol. The van der Waals surface area contributed by atoms with E-state index in [1.54, 1.807) is 9.13 Å². The number of para-hydroxylation sites is 1. The number of nitrogens with zero attached hydrogens (tertiary/aromatic N) is 2. The number of rotatable bonds is 7. The predicted molar refractivity (Wildman–Crippen MR) is 125 cm³/mol. The molecule has 0 amide bonds. The number of thiol groups is 1. The van der Waals surface area contributed by atoms with Gasteiger partial charge < -0.3 is 10.5 Å². The van der Waals surface area contributed by atoms with Crippen molar-refractivity contribution in [3.05, 3.63) is 63.1 Å². The van der Waals surface area contributed by atoms with Crippen molar-refractivity contribution in [2.45, 2.75) is 57.5 Å². The number of carboxylic acids is 1. The molecule has 0 spiro atoms. The Labute approximate surface area is 186 Å². The molecule has 31 heavy (non-hydrogen) atoms. The summed E-state index contributed by atoms with van der Waals surface area (Å²) in [6.45, 7) is 5.98. The van der Waals surface area contributed by atoms with Gasteiger partial charge in [0.2, 0.25) is 0 Å². The fourth-order valence-corrected chi connectivity index (χ4v) is 5.18. The fourth-order valence-electron chi connectivity index (χ4n) is 4.67. The molecule has 1 atom stereocenters. The van der Waals surface area contributed by atoms with Crippen LogP contribution < -0.4 is 5.69 Å². The van der Waals surface area contributed by atoms with Crippen molar-refractivity contribution in [1.29, 1.82) is 5.41 Å². The lowest BCUT2D eigenvalue weighted by molar-refractivity contribution is -0.138. The Bertz CT molecular complexity index is 1240. The van der Waals surface area contributed by atoms with Crippen molar-refractivity contribution < 1.29 is 9.90 Å². The zero-order valence-electron chi connectivity index (χ0n) is 18.0. The molecule has 1 saturated carbocycles. The largest absolute Gasteiger partial charge is 0.481 e. The minimum absolute atomic E-state index is 0.0761. The maximum Gasteiger partial charge on any atom is 0.329 e. The van der Waals surface area contributed by atoms with Gasteiger partial charge in [-0.2, -0.15) is 0 Å². The van der Waals surface area contributed by atoms with Gasteiger partial charge in [-0.15, -0.1) is 12.6 Å². The SMILES string of the molecule is Cc1cc(C)c(C(=N)Cn2c(=O)n(C(CC(=O)O)C3CC3)c3c(C)cccc32)c(S)c1. The summed E-state index contributed by atoms with van der Waals surface area (Å²) in [6, 6.07) is 9.27. The van der Waals surface area contributed by atoms with E-state index in [2.05, 4.69) is 12.6 Å². The smallest absolute Gasteiger partial charge is 0.329 e. The lowest BCUT2D eigenvalue weighted by Gasteiger charge is -2.17. The Morgan fingerprint density at radius 1 is 1.23 bits per heavy atom. The summed E-state index contributed by atoms with van der Waals surface area (Å²) < 4.78 is 3.28. The quantitative estimate of drug-likeness (QED) is 0.375. The second-order valence-electron chi connectivity index (χ2n) is 8.64. The van der Waals surface area contributed by atoms with Gasteiger partial charge in [0.15, 0.2) is 0 Å². The molecule has 3 aromatic rings. The predicted octanol–water partition coefficient (Wildman–Crippen LogP) is 4.51. The van der Waals surface area contributed by atoms with Crippen molar-refractivity contribution in [1.82, 2.24) is 9.13 Å². The summed E-state index contributed by atoms with van der Waals surface area (Å²) >= 11 is 4.57. The van der Waals surface area contributed by atoms with Crippen LogP contribution in [0.3, 0.4) is 0 Å². The van der Waals surface area contributed by atoms with Crippen LogP contribution in [0.1, 0.15) is 47.6 Å². The number of aryl methyl sites for hydroxylation is 3. The van der Waals surface area contributed by atoms with Gasteiger partial charge in [0, 0.05) is 10.5 Å². The van der Waals surface area contributed by atoms with Gasteiger partial charge in [-0.05, 0) is 68.4 Å². The van der Waals surface area contributed by atoms with E-state index < -0.39 is 5.97 Å². The number of hydrogen-bond donors (Lipinski definition) is 3. The highest BCUT2D eigenvalue weighted by Gasteiger charge is 2.36. The molecule has 1 aromatic heterocycles. The zero-order chi connectivity index (χ0) is 22.4. The van der Waals surface area contributed by atoms with E-state index in [0.29, 0.717) is 5.71 Å². The molecule has 7 heteroatoms. The molecule has 1 aliphatic rings. The van der Waals surface area contributed by atoms with Gasteiger partial charge in [0.05, 0.1) is 35.8 Å². The number of hydrogen-bond acceptors (Lipinski definition) is 4. The maximum atomic E-state index is 13.6. The first kappa shape index (κ1) is 21.4. The second-order valence-corrected chi connectivity index (χ2v) is 9.12. The van der Waals surface area contributed by atoms with Gasteiger partial charge in [-0.1, -0.05) is 18.2 Å². The van der Waals surface area contributed by atoms with Crippen LogP contribution in [-0.2, 0) is 11.3 Å². The first-order valence-corrected chi connectivity index (χ1v) is 10.9. The maximum absolute atomic E-state index is 13.6. The van der Waals surface area contributed by atoms with Crippen LogP contribution >= 0.6 is 12.6 Å². The van der Waals surface area contributed by atoms with Crippen LogP contribution in [0.25, 0.3) is 11.0 Å². The van der Waals surface area contributed by atoms with Crippen molar-refractivity contribution in [3.8, 4) is 0 Å². The van der Waals surface area contributed by atoms with Crippen molar-refractivity contribution >= 4 is 35.3 Å². The number of nitrogens with one attached hydrogen (secondary N) is 1. The normalized spacial score (nSPS) is 14.7. The highest BCUT2D eigenvalue weighted by Crippen LogP contribution is 2.42. The Balaban J connectivity index is 1.85. The summed E-state index contributed by atoms with van der Waals surface area (Å²) in [7, 11) is 0. The molecule has 2 N–H and O–H groups in total. The lowest BCUT2D eigenvalue weighted by Crippen LogP contribution is -2.31. The number of benzene rings is 2. The standard InChI is InChI=1S/C24H27N3O3S/c1-13-9-15(3)22(20(31)10-13)17(25)12-26-18-6-4-5-14(2)23(18)27(24(26)30)19(11-21(28)29)16-7-8-16/h4-6,9-10,16,19,25,31H,7-8,11-12H2,1-3H3,(H,28,29). The molecule has 6 nitrogen and oxygen atoms in total. The minimum atomic E-state index is -0.902. The number of carbonyl (C=O) groups is 1. The molecule has 0 radical (unpaired) electrons. The highest BCUT2D eigenvalue weighted by atomic mass is 32.1. The minimum Gasteiger partial charge on any atom is -0.481 e. The van der Waals surface area contributed by atoms with Crippen molar-refractivity contribution in [2.75, 3.05) is 0 Å². The third-order valence-electron chi connectivity index (χ3n) is 6.14. The summed E-state index contributed by atoms with van der Waals surface area (Å²) in [5.74, 6) is -0.698. The molecule has 1 aliphatic carbocycles. The molecule has 1 unspecified atom stereocenters. The second kappa shape index (κ2) is 8.04. The van der Waals surface area contributed by atoms with E-state index in [9.17, 15) is 14.7 Å². The Morgan fingerprint density at radius 3 is 2.55 bits per heavy atom. The molecule has 1 heterocycles. The van der Waals surface area contributed by atoms with E-state index in [4.69, 9.17) is 5.41 Å². The van der Waals surface area contributed by atoms with Crippen molar-refractivity contribution in [3.63, 3.8) is 0 Å². The highest BCUT2D eigenvalue weighted by molar-refractivity contribution is 7.80. The average Bonchev–Trinajstić information content (AvgIpc) is 3.46. The molecule has 2 aromatic carbocycles. The van der Waals surface area contributed by atoms with Crippen LogP contribution in [0, 0.1) is 32.1 Å². The van der Waals surface area contributed by atoms with Gasteiger partial charge in [0.25, 0.3) is 0 Å². The summed E-state index contributed by atoms with van der Waals surface area (Å²) in [4.78, 5) is 25.9. The Kier molecular flexibility index (Phi) is 5.56. The molecule has 1 fully saturated rings. The number of carboxylic acid groups (broad SMARTS) is 1. The Morgan fingerprint density at radius 2 is 1.94 bits per heavy atom. The molecule has 4 rings (SSSR count). The molecule has 0 aliphatic heterocycles. The third-order valence-corrected chi connectivity index (χ3v) is 6.50. The van der Waals surface area contributed by atoms with Gasteiger partial charge in [0.1, 0.15) is 0 Å². The van der Waals surface area contributed by atoms with E-state index >= 15 is 0 Å². The number of fused-ring (bicyclic) bond motifs is 1. The van der Waals surface area contributed by atoms with E-state index in [-0.39, 0.29) is 30.6 Å². The van der Waals surface area contributed by atoms with Crippen molar-refractivity contribution in [2.24, 2.45) is 5.92 Å². The topological polar surface area (TPSA) is 88.1 Å². The summed E-state index contributed by atoms with van der Waals surface area (Å²) in [5.41, 5.74) is 5.25. The summed E-state index contributed by atoms with van der Waals surface area (Å²) in [5, 5.41) is 18.2. The fraction of sp³-hybridized carbons (Fsp3) is 0.375. The van der Waals surface area contributed by atoms with E-state index in [0.717, 1.165) is 51.0 Å². The monoisotopic (exact) mass is 437 g/mol. The zero-order valence-corrected chi connectivity index (χ0v) is 18.9. The van der Waals surface area contributed by atoms with Crippen LogP contribution in [0.4, 0.5) is 0 Å². The number of aromatic nitrogens is 2. The molecule has 0 bridgehead atoms. The number of aliphatic carboxylic acids is 1. The molecular formula is C24H27N3O3S. The molecule has 162 valence electrons. The van der Waals surface area contributed by atoms with Crippen LogP contribution in [0.2, 0.25) is 0 Å². The van der Waals surface area contributed by atoms with E-state index in [1.165, 1.54) is 0 Å².